The standard InChI is InChI=1S/C29H29N5O2/c1-36-26-12-6-5-11-24(26)25-14-15-28(32-31-25)33-19-16-23(17-20-33)29(35)34(27-13-7-8-18-30-27)21-22-9-3-2-4-10-22/h2-15,18,23H,16-17,19-21H2,1H3. The fourth-order valence-corrected chi connectivity index (χ4v) is 4.62. The topological polar surface area (TPSA) is 71.5 Å². The minimum absolute atomic E-state index is 0.0622. The van der Waals surface area contributed by atoms with Crippen LogP contribution >= 0.6 is 0 Å². The molecule has 7 nitrogen and oxygen atoms in total. The van der Waals surface area contributed by atoms with Crippen molar-refractivity contribution in [2.45, 2.75) is 19.4 Å². The van der Waals surface area contributed by atoms with Gasteiger partial charge >= 0.3 is 0 Å². The van der Waals surface area contributed by atoms with E-state index in [9.17, 15) is 4.79 Å². The lowest BCUT2D eigenvalue weighted by Gasteiger charge is -2.34. The molecule has 182 valence electrons. The van der Waals surface area contributed by atoms with Crippen LogP contribution in [-0.4, -0.2) is 41.3 Å². The highest BCUT2D eigenvalue weighted by atomic mass is 16.5. The Kier molecular flexibility index (Phi) is 7.17. The largest absolute Gasteiger partial charge is 0.496 e. The maximum atomic E-state index is 13.6. The first-order valence-electron chi connectivity index (χ1n) is 12.2. The second kappa shape index (κ2) is 11.0. The Morgan fingerprint density at radius 1 is 0.917 bits per heavy atom. The van der Waals surface area contributed by atoms with Crippen molar-refractivity contribution in [3.05, 3.63) is 96.7 Å². The number of anilines is 2. The predicted octanol–water partition coefficient (Wildman–Crippen LogP) is 5.00. The molecular weight excluding hydrogens is 450 g/mol. The highest BCUT2D eigenvalue weighted by molar-refractivity contribution is 5.94. The van der Waals surface area contributed by atoms with E-state index in [1.807, 2.05) is 89.8 Å². The molecule has 0 spiro atoms. The second-order valence-corrected chi connectivity index (χ2v) is 8.84. The van der Waals surface area contributed by atoms with Crippen molar-refractivity contribution in [1.29, 1.82) is 0 Å². The molecule has 5 rings (SSSR count). The average Bonchev–Trinajstić information content (AvgIpc) is 2.97. The van der Waals surface area contributed by atoms with E-state index in [1.54, 1.807) is 13.3 Å². The number of hydrogen-bond donors (Lipinski definition) is 0. The molecule has 2 aromatic heterocycles. The molecular formula is C29H29N5O2. The molecule has 4 aromatic rings. The number of aromatic nitrogens is 3. The van der Waals surface area contributed by atoms with E-state index < -0.39 is 0 Å². The minimum Gasteiger partial charge on any atom is -0.496 e. The average molecular weight is 480 g/mol. The maximum Gasteiger partial charge on any atom is 0.231 e. The molecule has 0 radical (unpaired) electrons. The predicted molar refractivity (Wildman–Crippen MR) is 141 cm³/mol. The molecule has 1 aliphatic rings. The van der Waals surface area contributed by atoms with Gasteiger partial charge in [0.05, 0.1) is 19.3 Å². The zero-order valence-electron chi connectivity index (χ0n) is 20.3. The van der Waals surface area contributed by atoms with E-state index in [-0.39, 0.29) is 11.8 Å². The molecule has 1 fully saturated rings. The van der Waals surface area contributed by atoms with Crippen LogP contribution in [0.5, 0.6) is 5.75 Å². The number of pyridine rings is 1. The Morgan fingerprint density at radius 2 is 1.67 bits per heavy atom. The van der Waals surface area contributed by atoms with E-state index >= 15 is 0 Å². The van der Waals surface area contributed by atoms with Crippen LogP contribution in [0.2, 0.25) is 0 Å². The number of hydrogen-bond acceptors (Lipinski definition) is 6. The van der Waals surface area contributed by atoms with Crippen LogP contribution in [0.3, 0.4) is 0 Å². The van der Waals surface area contributed by atoms with Crippen LogP contribution < -0.4 is 14.5 Å². The molecule has 0 aliphatic carbocycles. The Morgan fingerprint density at radius 3 is 2.36 bits per heavy atom. The van der Waals surface area contributed by atoms with Crippen molar-refractivity contribution in [1.82, 2.24) is 15.2 Å². The zero-order chi connectivity index (χ0) is 24.7. The van der Waals surface area contributed by atoms with Crippen LogP contribution in [-0.2, 0) is 11.3 Å². The molecule has 36 heavy (non-hydrogen) atoms. The van der Waals surface area contributed by atoms with Gasteiger partial charge in [-0.15, -0.1) is 10.2 Å². The fourth-order valence-electron chi connectivity index (χ4n) is 4.62. The Bertz CT molecular complexity index is 1270. The van der Waals surface area contributed by atoms with Gasteiger partial charge in [0.1, 0.15) is 11.6 Å². The third-order valence-corrected chi connectivity index (χ3v) is 6.58. The number of benzene rings is 2. The number of carbonyl (C=O) groups is 1. The van der Waals surface area contributed by atoms with Gasteiger partial charge in [-0.05, 0) is 54.8 Å². The first-order valence-corrected chi connectivity index (χ1v) is 12.2. The van der Waals surface area contributed by atoms with Crippen molar-refractivity contribution in [2.75, 3.05) is 30.0 Å². The summed E-state index contributed by atoms with van der Waals surface area (Å²) in [6.07, 6.45) is 3.25. The number of rotatable bonds is 7. The Labute approximate surface area is 211 Å². The third kappa shape index (κ3) is 5.20. The summed E-state index contributed by atoms with van der Waals surface area (Å²) >= 11 is 0. The summed E-state index contributed by atoms with van der Waals surface area (Å²) < 4.78 is 5.45. The van der Waals surface area contributed by atoms with Crippen molar-refractivity contribution in [3.8, 4) is 17.0 Å². The summed E-state index contributed by atoms with van der Waals surface area (Å²) in [5.74, 6) is 2.34. The van der Waals surface area contributed by atoms with Crippen LogP contribution in [0.1, 0.15) is 18.4 Å². The fraction of sp³-hybridized carbons (Fsp3) is 0.241. The smallest absolute Gasteiger partial charge is 0.231 e. The highest BCUT2D eigenvalue weighted by Gasteiger charge is 2.30. The molecule has 0 unspecified atom stereocenters. The van der Waals surface area contributed by atoms with Gasteiger partial charge in [-0.1, -0.05) is 48.5 Å². The number of para-hydroxylation sites is 1. The SMILES string of the molecule is COc1ccccc1-c1ccc(N2CCC(C(=O)N(Cc3ccccc3)c3ccccn3)CC2)nn1. The van der Waals surface area contributed by atoms with Crippen molar-refractivity contribution >= 4 is 17.5 Å². The first-order chi connectivity index (χ1) is 17.7. The second-order valence-electron chi connectivity index (χ2n) is 8.84. The number of methoxy groups -OCH3 is 1. The third-order valence-electron chi connectivity index (χ3n) is 6.58. The van der Waals surface area contributed by atoms with E-state index in [4.69, 9.17) is 4.74 Å². The van der Waals surface area contributed by atoms with Crippen LogP contribution in [0, 0.1) is 5.92 Å². The summed E-state index contributed by atoms with van der Waals surface area (Å²) in [7, 11) is 1.65. The summed E-state index contributed by atoms with van der Waals surface area (Å²) in [4.78, 5) is 22.1. The molecule has 0 bridgehead atoms. The van der Waals surface area contributed by atoms with Crippen LogP contribution in [0.4, 0.5) is 11.6 Å². The van der Waals surface area contributed by atoms with Crippen molar-refractivity contribution in [3.63, 3.8) is 0 Å². The van der Waals surface area contributed by atoms with Crippen molar-refractivity contribution in [2.24, 2.45) is 5.92 Å². The molecule has 0 N–H and O–H groups in total. The van der Waals surface area contributed by atoms with Gasteiger partial charge in [0, 0.05) is 30.8 Å². The number of carbonyl (C=O) groups excluding carboxylic acids is 1. The molecule has 1 amide bonds. The number of nitrogens with zero attached hydrogens (tertiary/aromatic N) is 5. The Hall–Kier alpha value is -4.26. The van der Waals surface area contributed by atoms with E-state index in [1.165, 1.54) is 0 Å². The number of amides is 1. The van der Waals surface area contributed by atoms with Gasteiger partial charge in [0.25, 0.3) is 0 Å². The van der Waals surface area contributed by atoms with E-state index in [2.05, 4.69) is 20.1 Å². The normalized spacial score (nSPS) is 13.9. The van der Waals surface area contributed by atoms with Gasteiger partial charge in [-0.25, -0.2) is 4.98 Å². The lowest BCUT2D eigenvalue weighted by molar-refractivity contribution is -0.123. The summed E-state index contributed by atoms with van der Waals surface area (Å²) in [6, 6.07) is 27.5. The summed E-state index contributed by atoms with van der Waals surface area (Å²) in [5.41, 5.74) is 2.77. The van der Waals surface area contributed by atoms with Crippen LogP contribution in [0.15, 0.2) is 91.1 Å². The van der Waals surface area contributed by atoms with Crippen molar-refractivity contribution < 1.29 is 9.53 Å². The van der Waals surface area contributed by atoms with Gasteiger partial charge in [-0.3, -0.25) is 9.69 Å². The van der Waals surface area contributed by atoms with Crippen LogP contribution in [0.25, 0.3) is 11.3 Å². The van der Waals surface area contributed by atoms with E-state index in [0.717, 1.165) is 54.3 Å². The lowest BCUT2D eigenvalue weighted by Crippen LogP contribution is -2.43. The molecule has 7 heteroatoms. The van der Waals surface area contributed by atoms with Gasteiger partial charge in [0.2, 0.25) is 5.91 Å². The molecule has 1 saturated heterocycles. The molecule has 2 aromatic carbocycles. The number of ether oxygens (including phenoxy) is 1. The van der Waals surface area contributed by atoms with Gasteiger partial charge < -0.3 is 9.64 Å². The summed E-state index contributed by atoms with van der Waals surface area (Å²) in [6.45, 7) is 2.01. The van der Waals surface area contributed by atoms with E-state index in [0.29, 0.717) is 12.4 Å². The monoisotopic (exact) mass is 479 g/mol. The molecule has 0 atom stereocenters. The van der Waals surface area contributed by atoms with Gasteiger partial charge in [-0.2, -0.15) is 0 Å². The lowest BCUT2D eigenvalue weighted by atomic mass is 9.95. The highest BCUT2D eigenvalue weighted by Crippen LogP contribution is 2.30. The molecule has 0 saturated carbocycles. The molecule has 3 heterocycles. The first kappa shape index (κ1) is 23.5. The Balaban J connectivity index is 1.26. The zero-order valence-corrected chi connectivity index (χ0v) is 20.3. The number of piperidine rings is 1. The quantitative estimate of drug-likeness (QED) is 0.372. The molecule has 1 aliphatic heterocycles. The summed E-state index contributed by atoms with van der Waals surface area (Å²) in [5, 5.41) is 8.92. The minimum atomic E-state index is -0.0622. The van der Waals surface area contributed by atoms with Gasteiger partial charge in [0.15, 0.2) is 5.82 Å². The maximum absolute atomic E-state index is 13.6.